The third-order valence-corrected chi connectivity index (χ3v) is 3.65. The highest BCUT2D eigenvalue weighted by molar-refractivity contribution is 5.71. The first kappa shape index (κ1) is 17.6. The van der Waals surface area contributed by atoms with Crippen LogP contribution in [0, 0.1) is 5.41 Å². The SMILES string of the molecule is CC(C=N)c1n[nH]nc1-c1cccc(Oc2ccc(C(F)(F)F)cn2)c1. The maximum Gasteiger partial charge on any atom is 0.417 e. The van der Waals surface area contributed by atoms with Crippen LogP contribution in [0.2, 0.25) is 0 Å². The van der Waals surface area contributed by atoms with Gasteiger partial charge in [-0.1, -0.05) is 19.1 Å². The molecule has 3 rings (SSSR count). The largest absolute Gasteiger partial charge is 0.439 e. The summed E-state index contributed by atoms with van der Waals surface area (Å²) in [6.07, 6.45) is -2.46. The topological polar surface area (TPSA) is 87.5 Å². The number of hydrogen-bond donors (Lipinski definition) is 2. The van der Waals surface area contributed by atoms with E-state index in [-0.39, 0.29) is 11.8 Å². The van der Waals surface area contributed by atoms with Gasteiger partial charge in [0.1, 0.15) is 11.4 Å². The van der Waals surface area contributed by atoms with Crippen molar-refractivity contribution in [1.82, 2.24) is 20.4 Å². The molecule has 1 unspecified atom stereocenters. The molecule has 1 atom stereocenters. The number of aromatic nitrogens is 4. The van der Waals surface area contributed by atoms with Crippen molar-refractivity contribution >= 4 is 6.21 Å². The van der Waals surface area contributed by atoms with Crippen molar-refractivity contribution in [2.24, 2.45) is 0 Å². The van der Waals surface area contributed by atoms with Gasteiger partial charge in [0, 0.05) is 30.0 Å². The fraction of sp³-hybridized carbons (Fsp3) is 0.176. The van der Waals surface area contributed by atoms with Gasteiger partial charge in [0.25, 0.3) is 0 Å². The summed E-state index contributed by atoms with van der Waals surface area (Å²) in [4.78, 5) is 3.69. The average Bonchev–Trinajstić information content (AvgIpc) is 3.11. The lowest BCUT2D eigenvalue weighted by Gasteiger charge is -2.09. The van der Waals surface area contributed by atoms with Gasteiger partial charge in [0.2, 0.25) is 5.88 Å². The second kappa shape index (κ2) is 6.95. The van der Waals surface area contributed by atoms with E-state index in [0.717, 1.165) is 18.3 Å². The molecule has 9 heteroatoms. The standard InChI is InChI=1S/C17H14F3N5O/c1-10(8-21)15-16(24-25-23-15)11-3-2-4-13(7-11)26-14-6-5-12(9-22-14)17(18,19)20/h2-10,21H,1H3,(H,23,24,25). The van der Waals surface area contributed by atoms with E-state index in [9.17, 15) is 13.2 Å². The van der Waals surface area contributed by atoms with Crippen LogP contribution in [-0.4, -0.2) is 26.6 Å². The van der Waals surface area contributed by atoms with Gasteiger partial charge in [-0.05, 0) is 18.2 Å². The minimum Gasteiger partial charge on any atom is -0.439 e. The fourth-order valence-corrected chi connectivity index (χ4v) is 2.28. The molecule has 0 saturated carbocycles. The Morgan fingerprint density at radius 2 is 2.00 bits per heavy atom. The molecule has 6 nitrogen and oxygen atoms in total. The summed E-state index contributed by atoms with van der Waals surface area (Å²) in [5.41, 5.74) is 1.05. The lowest BCUT2D eigenvalue weighted by molar-refractivity contribution is -0.137. The molecule has 0 aliphatic heterocycles. The fourth-order valence-electron chi connectivity index (χ4n) is 2.28. The van der Waals surface area contributed by atoms with Crippen LogP contribution in [0.5, 0.6) is 11.6 Å². The highest BCUT2D eigenvalue weighted by Crippen LogP contribution is 2.31. The minimum absolute atomic E-state index is 0.0448. The summed E-state index contributed by atoms with van der Waals surface area (Å²) in [5, 5.41) is 18.1. The summed E-state index contributed by atoms with van der Waals surface area (Å²) in [6.45, 7) is 1.82. The lowest BCUT2D eigenvalue weighted by Crippen LogP contribution is -2.05. The van der Waals surface area contributed by atoms with Gasteiger partial charge < -0.3 is 10.1 Å². The molecule has 0 bridgehead atoms. The summed E-state index contributed by atoms with van der Waals surface area (Å²) in [7, 11) is 0. The number of hydrogen-bond acceptors (Lipinski definition) is 5. The van der Waals surface area contributed by atoms with Gasteiger partial charge in [-0.2, -0.15) is 28.6 Å². The van der Waals surface area contributed by atoms with E-state index in [1.54, 1.807) is 24.3 Å². The van der Waals surface area contributed by atoms with Gasteiger partial charge in [0.05, 0.1) is 11.3 Å². The Morgan fingerprint density at radius 1 is 1.19 bits per heavy atom. The van der Waals surface area contributed by atoms with Crippen LogP contribution in [0.1, 0.15) is 24.1 Å². The first-order chi connectivity index (χ1) is 12.4. The molecule has 0 aliphatic carbocycles. The van der Waals surface area contributed by atoms with Gasteiger partial charge >= 0.3 is 6.18 Å². The van der Waals surface area contributed by atoms with Gasteiger partial charge in [-0.15, -0.1) is 0 Å². The van der Waals surface area contributed by atoms with Crippen molar-refractivity contribution in [3.8, 4) is 22.9 Å². The van der Waals surface area contributed by atoms with E-state index in [1.165, 1.54) is 6.21 Å². The Balaban J connectivity index is 1.84. The van der Waals surface area contributed by atoms with Crippen LogP contribution < -0.4 is 4.74 Å². The van der Waals surface area contributed by atoms with E-state index >= 15 is 0 Å². The Labute approximate surface area is 146 Å². The van der Waals surface area contributed by atoms with Gasteiger partial charge in [0.15, 0.2) is 0 Å². The van der Waals surface area contributed by atoms with Crippen molar-refractivity contribution in [3.05, 3.63) is 53.9 Å². The Hall–Kier alpha value is -3.23. The Morgan fingerprint density at radius 3 is 2.65 bits per heavy atom. The van der Waals surface area contributed by atoms with Crippen molar-refractivity contribution in [2.75, 3.05) is 0 Å². The predicted molar refractivity (Wildman–Crippen MR) is 88.3 cm³/mol. The first-order valence-electron chi connectivity index (χ1n) is 7.61. The highest BCUT2D eigenvalue weighted by atomic mass is 19.4. The van der Waals surface area contributed by atoms with Crippen LogP contribution in [0.25, 0.3) is 11.3 Å². The highest BCUT2D eigenvalue weighted by Gasteiger charge is 2.30. The third kappa shape index (κ3) is 3.71. The van der Waals surface area contributed by atoms with Crippen molar-refractivity contribution in [1.29, 1.82) is 5.41 Å². The van der Waals surface area contributed by atoms with E-state index in [1.807, 2.05) is 6.92 Å². The molecule has 26 heavy (non-hydrogen) atoms. The number of alkyl halides is 3. The molecule has 0 amide bonds. The van der Waals surface area contributed by atoms with Gasteiger partial charge in [-0.25, -0.2) is 4.98 Å². The van der Waals surface area contributed by atoms with Crippen LogP contribution in [0.3, 0.4) is 0 Å². The summed E-state index contributed by atoms with van der Waals surface area (Å²) in [5.74, 6) is 0.222. The van der Waals surface area contributed by atoms with Crippen LogP contribution in [0.15, 0.2) is 42.6 Å². The van der Waals surface area contributed by atoms with Crippen LogP contribution >= 0.6 is 0 Å². The number of benzene rings is 1. The van der Waals surface area contributed by atoms with E-state index < -0.39 is 11.7 Å². The molecule has 3 aromatic rings. The van der Waals surface area contributed by atoms with Crippen molar-refractivity contribution in [3.63, 3.8) is 0 Å². The quantitative estimate of drug-likeness (QED) is 0.658. The zero-order valence-corrected chi connectivity index (χ0v) is 13.6. The molecule has 2 heterocycles. The number of ether oxygens (including phenoxy) is 1. The molecular weight excluding hydrogens is 347 g/mol. The molecular formula is C17H14F3N5O. The number of H-pyrrole nitrogens is 1. The number of nitrogens with one attached hydrogen (secondary N) is 2. The average molecular weight is 361 g/mol. The van der Waals surface area contributed by atoms with E-state index in [2.05, 4.69) is 20.4 Å². The van der Waals surface area contributed by atoms with Crippen LogP contribution in [-0.2, 0) is 6.18 Å². The summed E-state index contributed by atoms with van der Waals surface area (Å²) in [6, 6.07) is 8.93. The van der Waals surface area contributed by atoms with Gasteiger partial charge in [-0.3, -0.25) is 0 Å². The molecule has 0 saturated heterocycles. The Bertz CT molecular complexity index is 905. The van der Waals surface area contributed by atoms with Crippen molar-refractivity contribution < 1.29 is 17.9 Å². The number of pyridine rings is 1. The van der Waals surface area contributed by atoms with E-state index in [4.69, 9.17) is 10.1 Å². The molecule has 0 radical (unpaired) electrons. The monoisotopic (exact) mass is 361 g/mol. The second-order valence-corrected chi connectivity index (χ2v) is 5.53. The first-order valence-corrected chi connectivity index (χ1v) is 7.61. The summed E-state index contributed by atoms with van der Waals surface area (Å²) < 4.78 is 43.3. The summed E-state index contributed by atoms with van der Waals surface area (Å²) >= 11 is 0. The smallest absolute Gasteiger partial charge is 0.417 e. The maximum absolute atomic E-state index is 12.6. The van der Waals surface area contributed by atoms with Crippen molar-refractivity contribution in [2.45, 2.75) is 19.0 Å². The zero-order valence-electron chi connectivity index (χ0n) is 13.6. The predicted octanol–water partition coefficient (Wildman–Crippen LogP) is 4.43. The third-order valence-electron chi connectivity index (χ3n) is 3.65. The number of nitrogens with zero attached hydrogens (tertiary/aromatic N) is 3. The molecule has 0 aliphatic rings. The molecule has 134 valence electrons. The normalized spacial score (nSPS) is 12.6. The second-order valence-electron chi connectivity index (χ2n) is 5.53. The zero-order chi connectivity index (χ0) is 18.7. The number of aromatic amines is 1. The van der Waals surface area contributed by atoms with Crippen LogP contribution in [0.4, 0.5) is 13.2 Å². The molecule has 0 fully saturated rings. The number of rotatable bonds is 5. The Kier molecular flexibility index (Phi) is 4.70. The molecule has 2 aromatic heterocycles. The minimum atomic E-state index is -4.44. The maximum atomic E-state index is 12.6. The van der Waals surface area contributed by atoms with E-state index in [0.29, 0.717) is 22.7 Å². The lowest BCUT2D eigenvalue weighted by atomic mass is 10.0. The molecule has 2 N–H and O–H groups in total. The molecule has 1 aromatic carbocycles. The number of halogens is 3. The molecule has 0 spiro atoms.